The van der Waals surface area contributed by atoms with Gasteiger partial charge in [0.2, 0.25) is 0 Å². The number of nitrogens with two attached hydrogens (primary N) is 1. The van der Waals surface area contributed by atoms with E-state index in [0.717, 1.165) is 5.69 Å². The van der Waals surface area contributed by atoms with Gasteiger partial charge in [0.25, 0.3) is 0 Å². The first-order valence-electron chi connectivity index (χ1n) is 6.40. The van der Waals surface area contributed by atoms with Gasteiger partial charge in [-0.15, -0.1) is 0 Å². The summed E-state index contributed by atoms with van der Waals surface area (Å²) in [4.78, 5) is 6.40. The second-order valence-corrected chi connectivity index (χ2v) is 4.65. The first kappa shape index (κ1) is 12.2. The molecule has 1 aliphatic carbocycles. The van der Waals surface area contributed by atoms with Gasteiger partial charge in [-0.2, -0.15) is 0 Å². The van der Waals surface area contributed by atoms with Crippen LogP contribution in [0.15, 0.2) is 18.3 Å². The van der Waals surface area contributed by atoms with Crippen molar-refractivity contribution in [3.63, 3.8) is 0 Å². The third-order valence-corrected chi connectivity index (χ3v) is 3.46. The lowest BCUT2D eigenvalue weighted by atomic mass is 9.94. The molecule has 4 heteroatoms. The second-order valence-electron chi connectivity index (χ2n) is 4.65. The van der Waals surface area contributed by atoms with Crippen molar-refractivity contribution in [2.24, 2.45) is 0 Å². The molecule has 4 nitrogen and oxygen atoms in total. The Morgan fingerprint density at radius 2 is 2.06 bits per heavy atom. The van der Waals surface area contributed by atoms with Crippen molar-refractivity contribution in [2.45, 2.75) is 38.1 Å². The number of aliphatic hydroxyl groups excluding tert-OH is 1. The molecule has 1 aromatic rings. The van der Waals surface area contributed by atoms with E-state index in [1.807, 2.05) is 12.1 Å². The summed E-state index contributed by atoms with van der Waals surface area (Å²) in [6.45, 7) is 0.858. The van der Waals surface area contributed by atoms with Crippen LogP contribution in [0.5, 0.6) is 0 Å². The standard InChI is InChI=1S/C13H21N3O/c14-13-7-6-12(10-15-13)16(8-9-17)11-4-2-1-3-5-11/h6-7,10-11,17H,1-5,8-9H2,(H2,14,15). The van der Waals surface area contributed by atoms with Crippen LogP contribution in [0, 0.1) is 0 Å². The van der Waals surface area contributed by atoms with Crippen LogP contribution in [0.4, 0.5) is 11.5 Å². The molecule has 0 bridgehead atoms. The second kappa shape index (κ2) is 5.87. The van der Waals surface area contributed by atoms with E-state index in [4.69, 9.17) is 5.73 Å². The van der Waals surface area contributed by atoms with Crippen molar-refractivity contribution in [3.05, 3.63) is 18.3 Å². The van der Waals surface area contributed by atoms with E-state index in [0.29, 0.717) is 18.4 Å². The fourth-order valence-corrected chi connectivity index (χ4v) is 2.59. The van der Waals surface area contributed by atoms with Gasteiger partial charge < -0.3 is 15.7 Å². The maximum Gasteiger partial charge on any atom is 0.123 e. The van der Waals surface area contributed by atoms with E-state index in [1.165, 1.54) is 32.1 Å². The van der Waals surface area contributed by atoms with Gasteiger partial charge in [0.15, 0.2) is 0 Å². The van der Waals surface area contributed by atoms with Crippen molar-refractivity contribution >= 4 is 11.5 Å². The van der Waals surface area contributed by atoms with Crippen LogP contribution >= 0.6 is 0 Å². The normalized spacial score (nSPS) is 17.0. The topological polar surface area (TPSA) is 62.4 Å². The fourth-order valence-electron chi connectivity index (χ4n) is 2.59. The Labute approximate surface area is 102 Å². The van der Waals surface area contributed by atoms with Crippen molar-refractivity contribution < 1.29 is 5.11 Å². The van der Waals surface area contributed by atoms with Crippen molar-refractivity contribution in [1.82, 2.24) is 4.98 Å². The molecule has 0 amide bonds. The Bertz CT molecular complexity index is 333. The monoisotopic (exact) mass is 235 g/mol. The highest BCUT2D eigenvalue weighted by atomic mass is 16.3. The van der Waals surface area contributed by atoms with Gasteiger partial charge in [0.1, 0.15) is 5.82 Å². The number of hydrogen-bond donors (Lipinski definition) is 2. The first-order valence-corrected chi connectivity index (χ1v) is 6.40. The highest BCUT2D eigenvalue weighted by Gasteiger charge is 2.21. The molecule has 0 atom stereocenters. The van der Waals surface area contributed by atoms with Crippen LogP contribution in [-0.2, 0) is 0 Å². The Morgan fingerprint density at radius 3 is 2.65 bits per heavy atom. The summed E-state index contributed by atoms with van der Waals surface area (Å²) in [7, 11) is 0. The predicted molar refractivity (Wildman–Crippen MR) is 70.0 cm³/mol. The number of nitrogens with zero attached hydrogens (tertiary/aromatic N) is 2. The summed E-state index contributed by atoms with van der Waals surface area (Å²) < 4.78 is 0. The molecule has 0 aliphatic heterocycles. The average Bonchev–Trinajstić information content (AvgIpc) is 2.38. The van der Waals surface area contributed by atoms with E-state index in [2.05, 4.69) is 9.88 Å². The van der Waals surface area contributed by atoms with E-state index in [1.54, 1.807) is 6.20 Å². The molecule has 0 unspecified atom stereocenters. The van der Waals surface area contributed by atoms with Crippen LogP contribution in [-0.4, -0.2) is 29.3 Å². The molecule has 1 heterocycles. The van der Waals surface area contributed by atoms with Gasteiger partial charge in [0.05, 0.1) is 18.5 Å². The smallest absolute Gasteiger partial charge is 0.123 e. The number of hydrogen-bond acceptors (Lipinski definition) is 4. The highest BCUT2D eigenvalue weighted by Crippen LogP contribution is 2.26. The van der Waals surface area contributed by atoms with Gasteiger partial charge in [-0.05, 0) is 25.0 Å². The molecule has 94 valence electrons. The number of nitrogen functional groups attached to an aromatic ring is 1. The van der Waals surface area contributed by atoms with Crippen molar-refractivity contribution in [2.75, 3.05) is 23.8 Å². The summed E-state index contributed by atoms with van der Waals surface area (Å²) in [5.41, 5.74) is 6.67. The zero-order valence-corrected chi connectivity index (χ0v) is 10.2. The van der Waals surface area contributed by atoms with E-state index >= 15 is 0 Å². The molecule has 0 radical (unpaired) electrons. The zero-order valence-electron chi connectivity index (χ0n) is 10.2. The van der Waals surface area contributed by atoms with E-state index in [-0.39, 0.29) is 6.61 Å². The zero-order chi connectivity index (χ0) is 12.1. The first-order chi connectivity index (χ1) is 8.31. The SMILES string of the molecule is Nc1ccc(N(CCO)C2CCCCC2)cn1. The minimum absolute atomic E-state index is 0.181. The van der Waals surface area contributed by atoms with Gasteiger partial charge >= 0.3 is 0 Å². The molecule has 0 spiro atoms. The van der Waals surface area contributed by atoms with Crippen LogP contribution in [0.25, 0.3) is 0 Å². The molecule has 17 heavy (non-hydrogen) atoms. The van der Waals surface area contributed by atoms with Gasteiger partial charge in [-0.1, -0.05) is 19.3 Å². The number of pyridine rings is 1. The van der Waals surface area contributed by atoms with Crippen LogP contribution in [0.3, 0.4) is 0 Å². The molecule has 1 aliphatic rings. The van der Waals surface area contributed by atoms with Crippen LogP contribution in [0.2, 0.25) is 0 Å². The molecule has 1 aromatic heterocycles. The number of aliphatic hydroxyl groups is 1. The lowest BCUT2D eigenvalue weighted by Gasteiger charge is -2.35. The fraction of sp³-hybridized carbons (Fsp3) is 0.615. The van der Waals surface area contributed by atoms with Crippen molar-refractivity contribution in [1.29, 1.82) is 0 Å². The van der Waals surface area contributed by atoms with Gasteiger partial charge in [-0.3, -0.25) is 0 Å². The molecule has 1 saturated carbocycles. The maximum absolute atomic E-state index is 9.20. The Morgan fingerprint density at radius 1 is 1.29 bits per heavy atom. The summed E-state index contributed by atoms with van der Waals surface area (Å²) in [6.07, 6.45) is 8.14. The largest absolute Gasteiger partial charge is 0.395 e. The highest BCUT2D eigenvalue weighted by molar-refractivity contribution is 5.49. The third-order valence-electron chi connectivity index (χ3n) is 3.46. The lowest BCUT2D eigenvalue weighted by Crippen LogP contribution is -2.38. The molecule has 3 N–H and O–H groups in total. The van der Waals surface area contributed by atoms with E-state index < -0.39 is 0 Å². The number of anilines is 2. The van der Waals surface area contributed by atoms with Crippen LogP contribution in [0.1, 0.15) is 32.1 Å². The summed E-state index contributed by atoms with van der Waals surface area (Å²) >= 11 is 0. The molecular weight excluding hydrogens is 214 g/mol. The van der Waals surface area contributed by atoms with Crippen molar-refractivity contribution in [3.8, 4) is 0 Å². The third kappa shape index (κ3) is 3.09. The molecule has 2 rings (SSSR count). The molecular formula is C13H21N3O. The lowest BCUT2D eigenvalue weighted by molar-refractivity contribution is 0.290. The average molecular weight is 235 g/mol. The predicted octanol–water partition coefficient (Wildman–Crippen LogP) is 1.80. The Balaban J connectivity index is 2.12. The Kier molecular flexibility index (Phi) is 4.20. The maximum atomic E-state index is 9.20. The minimum Gasteiger partial charge on any atom is -0.395 e. The van der Waals surface area contributed by atoms with Crippen LogP contribution < -0.4 is 10.6 Å². The summed E-state index contributed by atoms with van der Waals surface area (Å²) in [5, 5.41) is 9.20. The number of aromatic nitrogens is 1. The quantitative estimate of drug-likeness (QED) is 0.835. The molecule has 1 fully saturated rings. The number of rotatable bonds is 4. The van der Waals surface area contributed by atoms with Gasteiger partial charge in [-0.25, -0.2) is 4.98 Å². The minimum atomic E-state index is 0.181. The van der Waals surface area contributed by atoms with Gasteiger partial charge in [0, 0.05) is 12.6 Å². The summed E-state index contributed by atoms with van der Waals surface area (Å²) in [6, 6.07) is 4.36. The summed E-state index contributed by atoms with van der Waals surface area (Å²) in [5.74, 6) is 0.543. The molecule has 0 saturated heterocycles. The Hall–Kier alpha value is -1.29. The molecule has 0 aromatic carbocycles. The van der Waals surface area contributed by atoms with E-state index in [9.17, 15) is 5.11 Å².